The van der Waals surface area contributed by atoms with Crippen LogP contribution in [0.25, 0.3) is 22.2 Å². The van der Waals surface area contributed by atoms with Crippen molar-refractivity contribution in [1.29, 1.82) is 0 Å². The molecule has 1 fully saturated rings. The zero-order valence-electron chi connectivity index (χ0n) is 19.8. The number of pyridine rings is 1. The Bertz CT molecular complexity index is 1330. The maximum absolute atomic E-state index is 13.1. The van der Waals surface area contributed by atoms with Crippen LogP contribution in [0.15, 0.2) is 61.1 Å². The topological polar surface area (TPSA) is 96.6 Å². The summed E-state index contributed by atoms with van der Waals surface area (Å²) in [6.07, 6.45) is 4.80. The van der Waals surface area contributed by atoms with Crippen molar-refractivity contribution in [2.45, 2.75) is 19.6 Å². The predicted molar refractivity (Wildman–Crippen MR) is 133 cm³/mol. The van der Waals surface area contributed by atoms with Gasteiger partial charge in [0.25, 0.3) is 0 Å². The molecule has 0 bridgehead atoms. The first kappa shape index (κ1) is 22.8. The Morgan fingerprint density at radius 3 is 2.51 bits per heavy atom. The first-order valence-electron chi connectivity index (χ1n) is 11.7. The van der Waals surface area contributed by atoms with E-state index in [1.165, 1.54) is 0 Å². The van der Waals surface area contributed by atoms with E-state index < -0.39 is 6.10 Å². The molecule has 0 spiro atoms. The van der Waals surface area contributed by atoms with Crippen LogP contribution in [-0.4, -0.2) is 68.7 Å². The number of amides is 1. The number of carbonyl (C=O) groups is 1. The van der Waals surface area contributed by atoms with Crippen molar-refractivity contribution in [3.63, 3.8) is 0 Å². The maximum atomic E-state index is 13.1. The van der Waals surface area contributed by atoms with Crippen LogP contribution >= 0.6 is 0 Å². The SMILES string of the molecule is COc1ncc(-c2ccccc2N2CCN(C(=O)Cn3ccc4nc(C(C)O)ccc43)CC2)cn1. The number of aromatic nitrogens is 4. The van der Waals surface area contributed by atoms with Crippen LogP contribution in [0, 0.1) is 0 Å². The summed E-state index contributed by atoms with van der Waals surface area (Å²) in [5, 5.41) is 9.77. The third-order valence-corrected chi connectivity index (χ3v) is 6.38. The zero-order chi connectivity index (χ0) is 24.4. The van der Waals surface area contributed by atoms with Gasteiger partial charge in [0.05, 0.1) is 29.9 Å². The fourth-order valence-electron chi connectivity index (χ4n) is 4.46. The minimum Gasteiger partial charge on any atom is -0.467 e. The molecule has 0 aliphatic carbocycles. The number of aliphatic hydroxyl groups is 1. The maximum Gasteiger partial charge on any atom is 0.316 e. The van der Waals surface area contributed by atoms with Gasteiger partial charge in [-0.15, -0.1) is 0 Å². The van der Waals surface area contributed by atoms with Crippen molar-refractivity contribution < 1.29 is 14.6 Å². The first-order chi connectivity index (χ1) is 17.0. The number of carbonyl (C=O) groups excluding carboxylic acids is 1. The minimum absolute atomic E-state index is 0.0820. The number of anilines is 1. The summed E-state index contributed by atoms with van der Waals surface area (Å²) < 4.78 is 6.99. The summed E-state index contributed by atoms with van der Waals surface area (Å²) >= 11 is 0. The normalized spacial score (nSPS) is 14.8. The molecular weight excluding hydrogens is 444 g/mol. The Morgan fingerprint density at radius 1 is 1.06 bits per heavy atom. The largest absolute Gasteiger partial charge is 0.467 e. The monoisotopic (exact) mass is 472 g/mol. The van der Waals surface area contributed by atoms with Gasteiger partial charge in [-0.1, -0.05) is 18.2 Å². The molecule has 5 rings (SSSR count). The summed E-state index contributed by atoms with van der Waals surface area (Å²) in [5.74, 6) is 0.0820. The van der Waals surface area contributed by atoms with Crippen LogP contribution in [0.3, 0.4) is 0 Å². The summed E-state index contributed by atoms with van der Waals surface area (Å²) in [6, 6.07) is 14.1. The standard InChI is InChI=1S/C26H28N6O3/c1-18(33)21-7-8-24-22(29-21)9-10-32(24)17-25(34)31-13-11-30(12-14-31)23-6-4-3-5-20(23)19-15-27-26(35-2)28-16-19/h3-10,15-16,18,33H,11-14,17H2,1-2H3. The molecule has 1 amide bonds. The van der Waals surface area contributed by atoms with Crippen molar-refractivity contribution in [3.05, 3.63) is 66.7 Å². The Balaban J connectivity index is 1.26. The Labute approximate surface area is 203 Å². The molecule has 1 saturated heterocycles. The molecule has 1 atom stereocenters. The average molecular weight is 473 g/mol. The molecule has 4 aromatic rings. The molecule has 180 valence electrons. The van der Waals surface area contributed by atoms with Crippen molar-refractivity contribution in [1.82, 2.24) is 24.4 Å². The summed E-state index contributed by atoms with van der Waals surface area (Å²) in [5.41, 5.74) is 5.37. The summed E-state index contributed by atoms with van der Waals surface area (Å²) in [7, 11) is 1.55. The first-order valence-corrected chi connectivity index (χ1v) is 11.7. The lowest BCUT2D eigenvalue weighted by atomic mass is 10.1. The Morgan fingerprint density at radius 2 is 1.80 bits per heavy atom. The highest BCUT2D eigenvalue weighted by Crippen LogP contribution is 2.31. The molecule has 9 heteroatoms. The van der Waals surface area contributed by atoms with Crippen molar-refractivity contribution in [3.8, 4) is 17.1 Å². The van der Waals surface area contributed by atoms with E-state index in [1.54, 1.807) is 32.5 Å². The molecule has 0 radical (unpaired) electrons. The van der Waals surface area contributed by atoms with E-state index in [-0.39, 0.29) is 12.5 Å². The second-order valence-electron chi connectivity index (χ2n) is 8.60. The van der Waals surface area contributed by atoms with Crippen LogP contribution < -0.4 is 9.64 Å². The quantitative estimate of drug-likeness (QED) is 0.461. The van der Waals surface area contributed by atoms with Gasteiger partial charge in [-0.05, 0) is 31.2 Å². The van der Waals surface area contributed by atoms with E-state index in [1.807, 2.05) is 39.9 Å². The third-order valence-electron chi connectivity index (χ3n) is 6.38. The van der Waals surface area contributed by atoms with Crippen LogP contribution in [-0.2, 0) is 11.3 Å². The van der Waals surface area contributed by atoms with Crippen molar-refractivity contribution in [2.75, 3.05) is 38.2 Å². The van der Waals surface area contributed by atoms with Gasteiger partial charge >= 0.3 is 6.01 Å². The van der Waals surface area contributed by atoms with Crippen molar-refractivity contribution >= 4 is 22.6 Å². The van der Waals surface area contributed by atoms with Crippen LogP contribution in [0.2, 0.25) is 0 Å². The molecule has 1 aliphatic rings. The molecule has 9 nitrogen and oxygen atoms in total. The van der Waals surface area contributed by atoms with Gasteiger partial charge in [-0.25, -0.2) is 15.0 Å². The number of hydrogen-bond acceptors (Lipinski definition) is 7. The number of ether oxygens (including phenoxy) is 1. The van der Waals surface area contributed by atoms with E-state index in [2.05, 4.69) is 32.0 Å². The zero-order valence-corrected chi connectivity index (χ0v) is 19.8. The number of fused-ring (bicyclic) bond motifs is 1. The van der Waals surface area contributed by atoms with E-state index in [4.69, 9.17) is 4.74 Å². The second-order valence-corrected chi connectivity index (χ2v) is 8.60. The molecule has 1 aliphatic heterocycles. The Kier molecular flexibility index (Phi) is 6.33. The van der Waals surface area contributed by atoms with E-state index in [0.717, 1.165) is 40.9 Å². The van der Waals surface area contributed by atoms with Gasteiger partial charge in [-0.3, -0.25) is 4.79 Å². The van der Waals surface area contributed by atoms with Gasteiger partial charge in [0.1, 0.15) is 6.54 Å². The molecule has 3 aromatic heterocycles. The van der Waals surface area contributed by atoms with Crippen LogP contribution in [0.1, 0.15) is 18.7 Å². The van der Waals surface area contributed by atoms with Gasteiger partial charge < -0.3 is 24.2 Å². The number of nitrogens with zero attached hydrogens (tertiary/aromatic N) is 6. The molecular formula is C26H28N6O3. The second kappa shape index (κ2) is 9.71. The highest BCUT2D eigenvalue weighted by atomic mass is 16.5. The molecule has 0 saturated carbocycles. The fraction of sp³-hybridized carbons (Fsp3) is 0.308. The summed E-state index contributed by atoms with van der Waals surface area (Å²) in [4.78, 5) is 30.3. The van der Waals surface area contributed by atoms with Crippen LogP contribution in [0.4, 0.5) is 5.69 Å². The van der Waals surface area contributed by atoms with Gasteiger partial charge in [0.15, 0.2) is 0 Å². The lowest BCUT2D eigenvalue weighted by molar-refractivity contribution is -0.132. The lowest BCUT2D eigenvalue weighted by Gasteiger charge is -2.37. The highest BCUT2D eigenvalue weighted by molar-refractivity contribution is 5.82. The smallest absolute Gasteiger partial charge is 0.316 e. The van der Waals surface area contributed by atoms with E-state index in [0.29, 0.717) is 24.8 Å². The molecule has 1 N–H and O–H groups in total. The number of aliphatic hydroxyl groups excluding tert-OH is 1. The number of methoxy groups -OCH3 is 1. The number of rotatable bonds is 6. The lowest BCUT2D eigenvalue weighted by Crippen LogP contribution is -2.49. The predicted octanol–water partition coefficient (Wildman–Crippen LogP) is 2.90. The number of benzene rings is 1. The number of para-hydroxylation sites is 1. The van der Waals surface area contributed by atoms with Gasteiger partial charge in [-0.2, -0.15) is 0 Å². The van der Waals surface area contributed by atoms with E-state index >= 15 is 0 Å². The van der Waals surface area contributed by atoms with Gasteiger partial charge in [0, 0.05) is 61.6 Å². The molecule has 1 aromatic carbocycles. The minimum atomic E-state index is -0.622. The van der Waals surface area contributed by atoms with Crippen LogP contribution in [0.5, 0.6) is 6.01 Å². The van der Waals surface area contributed by atoms with E-state index in [9.17, 15) is 9.90 Å². The number of piperazine rings is 1. The number of hydrogen-bond donors (Lipinski definition) is 1. The third kappa shape index (κ3) is 4.67. The fourth-order valence-corrected chi connectivity index (χ4v) is 4.46. The highest BCUT2D eigenvalue weighted by Gasteiger charge is 2.23. The average Bonchev–Trinajstić information content (AvgIpc) is 3.30. The van der Waals surface area contributed by atoms with Crippen molar-refractivity contribution in [2.24, 2.45) is 0 Å². The molecule has 4 heterocycles. The van der Waals surface area contributed by atoms with Gasteiger partial charge in [0.2, 0.25) is 5.91 Å². The molecule has 1 unspecified atom stereocenters. The molecule has 35 heavy (non-hydrogen) atoms. The summed E-state index contributed by atoms with van der Waals surface area (Å²) in [6.45, 7) is 4.74. The Hall–Kier alpha value is -3.98.